The second-order valence-corrected chi connectivity index (χ2v) is 2.90. The van der Waals surface area contributed by atoms with Crippen molar-refractivity contribution in [2.24, 2.45) is 7.05 Å². The molecule has 0 unspecified atom stereocenters. The fourth-order valence-corrected chi connectivity index (χ4v) is 1.35. The van der Waals surface area contributed by atoms with E-state index in [0.717, 1.165) is 11.8 Å². The Morgan fingerprint density at radius 1 is 1.57 bits per heavy atom. The van der Waals surface area contributed by atoms with Crippen LogP contribution in [0.4, 0.5) is 0 Å². The molecule has 0 aliphatic heterocycles. The van der Waals surface area contributed by atoms with Crippen molar-refractivity contribution in [3.8, 4) is 6.01 Å². The summed E-state index contributed by atoms with van der Waals surface area (Å²) in [5.74, 6) is 0. The summed E-state index contributed by atoms with van der Waals surface area (Å²) in [6.07, 6.45) is 4.12. The minimum atomic E-state index is 0.270. The zero-order valence-electron chi connectivity index (χ0n) is 7.89. The zero-order chi connectivity index (χ0) is 10.1. The number of ether oxygens (including phenoxy) is 1. The predicted octanol–water partition coefficient (Wildman–Crippen LogP) is 0.789. The monoisotopic (exact) mass is 191 g/mol. The highest BCUT2D eigenvalue weighted by Gasteiger charge is 2.08. The Labute approximate surface area is 80.3 Å². The van der Waals surface area contributed by atoms with Crippen LogP contribution in [0.15, 0.2) is 12.4 Å². The average Bonchev–Trinajstić information content (AvgIpc) is 2.55. The minimum Gasteiger partial charge on any atom is -0.467 e. The van der Waals surface area contributed by atoms with Gasteiger partial charge < -0.3 is 9.30 Å². The lowest BCUT2D eigenvalue weighted by Crippen LogP contribution is -1.93. The highest BCUT2D eigenvalue weighted by Crippen LogP contribution is 2.17. The summed E-state index contributed by atoms with van der Waals surface area (Å²) in [6, 6.07) is 0.270. The Kier molecular flexibility index (Phi) is 1.92. The van der Waals surface area contributed by atoms with E-state index in [1.165, 1.54) is 7.11 Å². The predicted molar refractivity (Wildman–Crippen MR) is 50.4 cm³/mol. The molecular weight excluding hydrogens is 182 g/mol. The van der Waals surface area contributed by atoms with Crippen LogP contribution in [0.5, 0.6) is 6.01 Å². The van der Waals surface area contributed by atoms with Crippen molar-refractivity contribution in [3.63, 3.8) is 0 Å². The molecule has 0 aliphatic rings. The molecule has 0 atom stereocenters. The van der Waals surface area contributed by atoms with Crippen LogP contribution in [0.25, 0.3) is 11.0 Å². The Balaban J connectivity index is 2.77. The normalized spacial score (nSPS) is 10.4. The SMILES string of the molecule is COc1ncc2c(n1)c(C=O)cn2C. The third-order valence-corrected chi connectivity index (χ3v) is 2.04. The molecule has 5 heteroatoms. The van der Waals surface area contributed by atoms with Gasteiger partial charge in [0.15, 0.2) is 6.29 Å². The van der Waals surface area contributed by atoms with Gasteiger partial charge in [-0.2, -0.15) is 4.98 Å². The van der Waals surface area contributed by atoms with Crippen molar-refractivity contribution in [1.82, 2.24) is 14.5 Å². The van der Waals surface area contributed by atoms with Crippen molar-refractivity contribution in [3.05, 3.63) is 18.0 Å². The van der Waals surface area contributed by atoms with Crippen molar-refractivity contribution in [1.29, 1.82) is 0 Å². The Hall–Kier alpha value is -1.91. The number of nitrogens with zero attached hydrogens (tertiary/aromatic N) is 3. The maximum atomic E-state index is 10.7. The molecule has 0 fully saturated rings. The molecule has 2 heterocycles. The summed E-state index contributed by atoms with van der Waals surface area (Å²) in [7, 11) is 3.33. The summed E-state index contributed by atoms with van der Waals surface area (Å²) < 4.78 is 6.69. The van der Waals surface area contributed by atoms with E-state index in [0.29, 0.717) is 11.1 Å². The van der Waals surface area contributed by atoms with Gasteiger partial charge in [-0.25, -0.2) is 4.98 Å². The van der Waals surface area contributed by atoms with Crippen LogP contribution < -0.4 is 4.74 Å². The molecule has 0 bridgehead atoms. The number of hydrogen-bond acceptors (Lipinski definition) is 4. The number of aldehydes is 1. The first-order valence-electron chi connectivity index (χ1n) is 4.07. The minimum absolute atomic E-state index is 0.270. The molecule has 0 saturated heterocycles. The van der Waals surface area contributed by atoms with Crippen LogP contribution >= 0.6 is 0 Å². The number of methoxy groups -OCH3 is 1. The topological polar surface area (TPSA) is 57.0 Å². The first-order valence-corrected chi connectivity index (χ1v) is 4.07. The van der Waals surface area contributed by atoms with Crippen molar-refractivity contribution in [2.45, 2.75) is 0 Å². The lowest BCUT2D eigenvalue weighted by atomic mass is 10.3. The zero-order valence-corrected chi connectivity index (χ0v) is 7.89. The number of aromatic nitrogens is 3. The first-order chi connectivity index (χ1) is 6.76. The van der Waals surface area contributed by atoms with Crippen molar-refractivity contribution < 1.29 is 9.53 Å². The van der Waals surface area contributed by atoms with Gasteiger partial charge in [0.05, 0.1) is 24.4 Å². The van der Waals surface area contributed by atoms with Crippen LogP contribution in [0.2, 0.25) is 0 Å². The molecule has 0 amide bonds. The number of carbonyl (C=O) groups excluding carboxylic acids is 1. The molecule has 5 nitrogen and oxygen atoms in total. The third-order valence-electron chi connectivity index (χ3n) is 2.04. The van der Waals surface area contributed by atoms with E-state index >= 15 is 0 Å². The smallest absolute Gasteiger partial charge is 0.316 e. The van der Waals surface area contributed by atoms with Crippen LogP contribution in [0.1, 0.15) is 10.4 Å². The Bertz CT molecular complexity index is 490. The molecule has 2 aromatic heterocycles. The second kappa shape index (κ2) is 3.10. The van der Waals surface area contributed by atoms with E-state index in [4.69, 9.17) is 4.74 Å². The number of rotatable bonds is 2. The van der Waals surface area contributed by atoms with Crippen LogP contribution in [0, 0.1) is 0 Å². The molecule has 0 radical (unpaired) electrons. The third kappa shape index (κ3) is 1.14. The number of carbonyl (C=O) groups is 1. The molecular formula is C9H9N3O2. The lowest BCUT2D eigenvalue weighted by Gasteiger charge is -1.97. The summed E-state index contributed by atoms with van der Waals surface area (Å²) in [4.78, 5) is 18.8. The van der Waals surface area contributed by atoms with Crippen molar-refractivity contribution in [2.75, 3.05) is 7.11 Å². The Morgan fingerprint density at radius 3 is 3.00 bits per heavy atom. The van der Waals surface area contributed by atoms with Gasteiger partial charge in [-0.15, -0.1) is 0 Å². The Morgan fingerprint density at radius 2 is 2.36 bits per heavy atom. The fourth-order valence-electron chi connectivity index (χ4n) is 1.35. The van der Waals surface area contributed by atoms with Gasteiger partial charge in [-0.05, 0) is 0 Å². The summed E-state index contributed by atoms with van der Waals surface area (Å²) in [6.45, 7) is 0. The molecule has 0 spiro atoms. The van der Waals surface area contributed by atoms with E-state index in [1.807, 2.05) is 7.05 Å². The van der Waals surface area contributed by atoms with E-state index in [2.05, 4.69) is 9.97 Å². The number of hydrogen-bond donors (Lipinski definition) is 0. The molecule has 14 heavy (non-hydrogen) atoms. The quantitative estimate of drug-likeness (QED) is 0.658. The number of aryl methyl sites for hydroxylation is 1. The number of fused-ring (bicyclic) bond motifs is 1. The van der Waals surface area contributed by atoms with E-state index in [1.54, 1.807) is 17.0 Å². The fraction of sp³-hybridized carbons (Fsp3) is 0.222. The summed E-state index contributed by atoms with van der Waals surface area (Å²) in [5.41, 5.74) is 1.98. The average molecular weight is 191 g/mol. The maximum absolute atomic E-state index is 10.7. The highest BCUT2D eigenvalue weighted by molar-refractivity contribution is 5.94. The summed E-state index contributed by atoms with van der Waals surface area (Å²) in [5, 5.41) is 0. The van der Waals surface area contributed by atoms with Crippen LogP contribution in [-0.4, -0.2) is 27.9 Å². The van der Waals surface area contributed by atoms with Gasteiger partial charge in [0, 0.05) is 13.2 Å². The van der Waals surface area contributed by atoms with E-state index in [9.17, 15) is 4.79 Å². The van der Waals surface area contributed by atoms with Crippen molar-refractivity contribution >= 4 is 17.3 Å². The first kappa shape index (κ1) is 8.68. The molecule has 2 aromatic rings. The molecule has 0 saturated carbocycles. The molecule has 0 aromatic carbocycles. The van der Waals surface area contributed by atoms with Gasteiger partial charge in [0.2, 0.25) is 0 Å². The molecule has 2 rings (SSSR count). The molecule has 0 aliphatic carbocycles. The van der Waals surface area contributed by atoms with Gasteiger partial charge >= 0.3 is 6.01 Å². The van der Waals surface area contributed by atoms with Crippen LogP contribution in [-0.2, 0) is 7.05 Å². The van der Waals surface area contributed by atoms with Gasteiger partial charge in [0.25, 0.3) is 0 Å². The highest BCUT2D eigenvalue weighted by atomic mass is 16.5. The second-order valence-electron chi connectivity index (χ2n) is 2.90. The van der Waals surface area contributed by atoms with E-state index in [-0.39, 0.29) is 6.01 Å². The standard InChI is InChI=1S/C9H9N3O2/c1-12-4-6(5-13)8-7(12)3-10-9(11-8)14-2/h3-5H,1-2H3. The maximum Gasteiger partial charge on any atom is 0.316 e. The van der Waals surface area contributed by atoms with Gasteiger partial charge in [0.1, 0.15) is 5.52 Å². The van der Waals surface area contributed by atoms with Gasteiger partial charge in [-0.3, -0.25) is 4.79 Å². The summed E-state index contributed by atoms with van der Waals surface area (Å²) >= 11 is 0. The van der Waals surface area contributed by atoms with E-state index < -0.39 is 0 Å². The molecule has 0 N–H and O–H groups in total. The lowest BCUT2D eigenvalue weighted by molar-refractivity contribution is 0.112. The largest absolute Gasteiger partial charge is 0.467 e. The molecule has 72 valence electrons. The van der Waals surface area contributed by atoms with Crippen LogP contribution in [0.3, 0.4) is 0 Å². The van der Waals surface area contributed by atoms with Gasteiger partial charge in [-0.1, -0.05) is 0 Å².